The molecule has 0 heterocycles. The molecule has 5 nitrogen and oxygen atoms in total. The second-order valence-corrected chi connectivity index (χ2v) is 4.23. The number of ether oxygens (including phenoxy) is 2. The minimum absolute atomic E-state index is 0.178. The highest BCUT2D eigenvalue weighted by Gasteiger charge is 2.00. The van der Waals surface area contributed by atoms with E-state index in [1.165, 1.54) is 7.11 Å². The fourth-order valence-corrected chi connectivity index (χ4v) is 1.62. The zero-order valence-corrected chi connectivity index (χ0v) is 16.5. The largest absolute Gasteiger partial charge is 0.508 e. The number of rotatable bonds is 4. The number of phenolic OH excluding ortho intramolecular Hbond substituents is 2. The van der Waals surface area contributed by atoms with Gasteiger partial charge in [-0.25, -0.2) is 0 Å². The van der Waals surface area contributed by atoms with E-state index >= 15 is 0 Å². The summed E-state index contributed by atoms with van der Waals surface area (Å²) in [4.78, 5) is 0. The van der Waals surface area contributed by atoms with Crippen molar-refractivity contribution < 1.29 is 19.7 Å². The van der Waals surface area contributed by atoms with Gasteiger partial charge in [-0.2, -0.15) is 0 Å². The first-order chi connectivity index (χ1) is 12.1. The van der Waals surface area contributed by atoms with Crippen molar-refractivity contribution in [2.75, 3.05) is 21.3 Å². The van der Waals surface area contributed by atoms with E-state index < -0.39 is 0 Å². The van der Waals surface area contributed by atoms with Crippen molar-refractivity contribution in [2.45, 2.75) is 34.2 Å². The summed E-state index contributed by atoms with van der Waals surface area (Å²) in [6.07, 6.45) is 0. The van der Waals surface area contributed by atoms with Crippen molar-refractivity contribution in [2.24, 2.45) is 0 Å². The van der Waals surface area contributed by atoms with E-state index in [1.807, 2.05) is 46.9 Å². The zero-order chi connectivity index (χ0) is 19.7. The molecule has 5 heteroatoms. The molecular formula is C20H33NO4. The summed E-state index contributed by atoms with van der Waals surface area (Å²) >= 11 is 0. The molecule has 0 amide bonds. The van der Waals surface area contributed by atoms with Crippen LogP contribution >= 0.6 is 0 Å². The van der Waals surface area contributed by atoms with Gasteiger partial charge in [-0.15, -0.1) is 0 Å². The van der Waals surface area contributed by atoms with Crippen LogP contribution in [0, 0.1) is 0 Å². The van der Waals surface area contributed by atoms with E-state index in [1.54, 1.807) is 37.4 Å². The molecule has 0 atom stereocenters. The van der Waals surface area contributed by atoms with E-state index in [4.69, 9.17) is 14.6 Å². The molecule has 0 aromatic heterocycles. The molecule has 0 aliphatic heterocycles. The monoisotopic (exact) mass is 351 g/mol. The third-order valence-corrected chi connectivity index (χ3v) is 2.70. The fraction of sp³-hybridized carbons (Fsp3) is 0.400. The quantitative estimate of drug-likeness (QED) is 0.752. The maximum Gasteiger partial charge on any atom is 0.160 e. The van der Waals surface area contributed by atoms with Gasteiger partial charge in [0, 0.05) is 6.54 Å². The topological polar surface area (TPSA) is 71.0 Å². The third-order valence-electron chi connectivity index (χ3n) is 2.70. The Hall–Kier alpha value is -2.40. The molecule has 0 spiro atoms. The Kier molecular flexibility index (Phi) is 16.4. The summed E-state index contributed by atoms with van der Waals surface area (Å²) in [7, 11) is 5.00. The van der Waals surface area contributed by atoms with Crippen LogP contribution in [0.25, 0.3) is 0 Å². The van der Waals surface area contributed by atoms with E-state index in [-0.39, 0.29) is 11.5 Å². The Morgan fingerprint density at radius 3 is 1.84 bits per heavy atom. The van der Waals surface area contributed by atoms with E-state index in [9.17, 15) is 5.11 Å². The van der Waals surface area contributed by atoms with Gasteiger partial charge in [0.1, 0.15) is 11.5 Å². The molecule has 0 bridgehead atoms. The van der Waals surface area contributed by atoms with Crippen molar-refractivity contribution >= 4 is 0 Å². The minimum Gasteiger partial charge on any atom is -0.508 e. The number of hydrogen-bond donors (Lipinski definition) is 3. The van der Waals surface area contributed by atoms with Gasteiger partial charge < -0.3 is 25.0 Å². The SMILES string of the molecule is CC.CC.CNCc1ccc(O)c(OC)c1.COc1ccc(O)cc1. The van der Waals surface area contributed by atoms with Crippen LogP contribution in [0.5, 0.6) is 23.0 Å². The Morgan fingerprint density at radius 1 is 0.840 bits per heavy atom. The molecule has 0 saturated carbocycles. The average molecular weight is 351 g/mol. The van der Waals surface area contributed by atoms with E-state index in [0.29, 0.717) is 5.75 Å². The first-order valence-electron chi connectivity index (χ1n) is 8.44. The molecule has 25 heavy (non-hydrogen) atoms. The molecule has 142 valence electrons. The second kappa shape index (κ2) is 16.5. The predicted octanol–water partition coefficient (Wildman–Crippen LogP) is 4.57. The summed E-state index contributed by atoms with van der Waals surface area (Å²) in [5.41, 5.74) is 1.09. The summed E-state index contributed by atoms with van der Waals surface area (Å²) < 4.78 is 9.81. The van der Waals surface area contributed by atoms with E-state index in [0.717, 1.165) is 17.9 Å². The van der Waals surface area contributed by atoms with Crippen molar-refractivity contribution in [3.05, 3.63) is 48.0 Å². The van der Waals surface area contributed by atoms with Crippen LogP contribution in [-0.4, -0.2) is 31.5 Å². The van der Waals surface area contributed by atoms with Gasteiger partial charge in [-0.3, -0.25) is 0 Å². The number of phenols is 2. The predicted molar refractivity (Wildman–Crippen MR) is 105 cm³/mol. The lowest BCUT2D eigenvalue weighted by Gasteiger charge is -2.05. The van der Waals surface area contributed by atoms with Crippen LogP contribution in [0.3, 0.4) is 0 Å². The number of methoxy groups -OCH3 is 2. The van der Waals surface area contributed by atoms with Crippen LogP contribution < -0.4 is 14.8 Å². The standard InChI is InChI=1S/C9H13NO2.C7H8O2.2C2H6/c1-10-6-7-3-4-8(11)9(5-7)12-2;1-9-7-4-2-6(8)3-5-7;2*1-2/h3-5,10-11H,6H2,1-2H3;2-5,8H,1H3;2*1-2H3. The number of aromatic hydroxyl groups is 2. The van der Waals surface area contributed by atoms with E-state index in [2.05, 4.69) is 5.32 Å². The lowest BCUT2D eigenvalue weighted by molar-refractivity contribution is 0.373. The van der Waals surface area contributed by atoms with Crippen molar-refractivity contribution in [3.8, 4) is 23.0 Å². The fourth-order valence-electron chi connectivity index (χ4n) is 1.62. The van der Waals surface area contributed by atoms with Crippen LogP contribution in [0.2, 0.25) is 0 Å². The molecule has 0 unspecified atom stereocenters. The van der Waals surface area contributed by atoms with Crippen LogP contribution in [-0.2, 0) is 6.54 Å². The highest BCUT2D eigenvalue weighted by Crippen LogP contribution is 2.25. The van der Waals surface area contributed by atoms with Gasteiger partial charge in [0.15, 0.2) is 11.5 Å². The molecule has 0 fully saturated rings. The zero-order valence-electron chi connectivity index (χ0n) is 16.5. The van der Waals surface area contributed by atoms with Crippen molar-refractivity contribution in [1.29, 1.82) is 0 Å². The Balaban J connectivity index is 0. The maximum atomic E-state index is 9.26. The summed E-state index contributed by atoms with van der Waals surface area (Å²) in [6, 6.07) is 11.9. The molecule has 2 rings (SSSR count). The summed E-state index contributed by atoms with van der Waals surface area (Å²) in [5.74, 6) is 1.71. The molecular weight excluding hydrogens is 318 g/mol. The van der Waals surface area contributed by atoms with Gasteiger partial charge in [-0.05, 0) is 49.0 Å². The lowest BCUT2D eigenvalue weighted by atomic mass is 10.2. The minimum atomic E-state index is 0.178. The average Bonchev–Trinajstić information content (AvgIpc) is 2.68. The van der Waals surface area contributed by atoms with Crippen LogP contribution in [0.4, 0.5) is 0 Å². The number of nitrogens with one attached hydrogen (secondary N) is 1. The second-order valence-electron chi connectivity index (χ2n) is 4.23. The number of benzene rings is 2. The van der Waals surface area contributed by atoms with Gasteiger partial charge >= 0.3 is 0 Å². The van der Waals surface area contributed by atoms with Gasteiger partial charge in [0.2, 0.25) is 0 Å². The molecule has 0 radical (unpaired) electrons. The molecule has 0 aliphatic rings. The first-order valence-corrected chi connectivity index (χ1v) is 8.44. The lowest BCUT2D eigenvalue weighted by Crippen LogP contribution is -2.04. The molecule has 2 aromatic rings. The number of hydrogen-bond acceptors (Lipinski definition) is 5. The van der Waals surface area contributed by atoms with Gasteiger partial charge in [0.05, 0.1) is 14.2 Å². The molecule has 2 aromatic carbocycles. The maximum absolute atomic E-state index is 9.26. The highest BCUT2D eigenvalue weighted by atomic mass is 16.5. The third kappa shape index (κ3) is 10.9. The smallest absolute Gasteiger partial charge is 0.160 e. The Morgan fingerprint density at radius 2 is 1.40 bits per heavy atom. The Bertz CT molecular complexity index is 542. The molecule has 0 aliphatic carbocycles. The Labute approximate surface area is 152 Å². The first kappa shape index (κ1) is 24.8. The summed E-state index contributed by atoms with van der Waals surface area (Å²) in [5, 5.41) is 21.1. The summed E-state index contributed by atoms with van der Waals surface area (Å²) in [6.45, 7) is 8.77. The van der Waals surface area contributed by atoms with Crippen molar-refractivity contribution in [3.63, 3.8) is 0 Å². The van der Waals surface area contributed by atoms with Crippen molar-refractivity contribution in [1.82, 2.24) is 5.32 Å². The van der Waals surface area contributed by atoms with Gasteiger partial charge in [-0.1, -0.05) is 33.8 Å². The normalized spacial score (nSPS) is 8.44. The van der Waals surface area contributed by atoms with Crippen LogP contribution in [0.15, 0.2) is 42.5 Å². The molecule has 0 saturated heterocycles. The highest BCUT2D eigenvalue weighted by molar-refractivity contribution is 5.41. The molecule has 3 N–H and O–H groups in total. The van der Waals surface area contributed by atoms with Gasteiger partial charge in [0.25, 0.3) is 0 Å². The van der Waals surface area contributed by atoms with Crippen LogP contribution in [0.1, 0.15) is 33.3 Å².